The van der Waals surface area contributed by atoms with Crippen molar-refractivity contribution in [2.75, 3.05) is 5.75 Å². The fourth-order valence-corrected chi connectivity index (χ4v) is 1.93. The van der Waals surface area contributed by atoms with Gasteiger partial charge in [0.05, 0.1) is 0 Å². The first-order valence-electron chi connectivity index (χ1n) is 5.15. The van der Waals surface area contributed by atoms with Crippen LogP contribution in [0.5, 0.6) is 0 Å². The Hall–Kier alpha value is -1.89. The van der Waals surface area contributed by atoms with E-state index in [1.54, 1.807) is 12.1 Å². The summed E-state index contributed by atoms with van der Waals surface area (Å²) in [5.74, 6) is 0.104. The highest BCUT2D eigenvalue weighted by Crippen LogP contribution is 2.23. The van der Waals surface area contributed by atoms with Gasteiger partial charge >= 0.3 is 0 Å². The topological polar surface area (TPSA) is 82.0 Å². The highest BCUT2D eigenvalue weighted by molar-refractivity contribution is 7.99. The zero-order valence-electron chi connectivity index (χ0n) is 9.30. The van der Waals surface area contributed by atoms with Crippen LogP contribution >= 0.6 is 11.8 Å². The number of thioether (sulfide) groups is 1. The molecule has 18 heavy (non-hydrogen) atoms. The molecule has 0 bridgehead atoms. The lowest BCUT2D eigenvalue weighted by Crippen LogP contribution is -2.10. The number of rotatable bonds is 5. The van der Waals surface area contributed by atoms with E-state index in [1.165, 1.54) is 23.9 Å². The van der Waals surface area contributed by atoms with Gasteiger partial charge in [0.15, 0.2) is 0 Å². The predicted octanol–water partition coefficient (Wildman–Crippen LogP) is 1.84. The standard InChI is InChI=1S/C11H10FN3O2S/c12-8-3-1-7(2-4-8)10-14-15-11(17-10)18-6-5-9(13)16/h1-4H,5-6H2,(H2,13,16). The first kappa shape index (κ1) is 12.6. The van der Waals surface area contributed by atoms with Crippen LogP contribution in [0.15, 0.2) is 33.9 Å². The molecule has 0 radical (unpaired) electrons. The highest BCUT2D eigenvalue weighted by Gasteiger charge is 2.09. The Balaban J connectivity index is 2.01. The van der Waals surface area contributed by atoms with E-state index in [1.807, 2.05) is 0 Å². The van der Waals surface area contributed by atoms with Gasteiger partial charge in [-0.2, -0.15) is 0 Å². The van der Waals surface area contributed by atoms with Crippen LogP contribution in [0.4, 0.5) is 4.39 Å². The number of aromatic nitrogens is 2. The number of carbonyl (C=O) groups is 1. The van der Waals surface area contributed by atoms with E-state index in [2.05, 4.69) is 10.2 Å². The second-order valence-electron chi connectivity index (χ2n) is 3.44. The summed E-state index contributed by atoms with van der Waals surface area (Å²) in [6, 6.07) is 5.75. The number of nitrogens with two attached hydrogens (primary N) is 1. The van der Waals surface area contributed by atoms with Crippen molar-refractivity contribution in [3.63, 3.8) is 0 Å². The Bertz CT molecular complexity index is 541. The molecule has 94 valence electrons. The van der Waals surface area contributed by atoms with Gasteiger partial charge in [0.2, 0.25) is 11.8 Å². The van der Waals surface area contributed by atoms with Gasteiger partial charge in [-0.3, -0.25) is 4.79 Å². The predicted molar refractivity (Wildman–Crippen MR) is 64.2 cm³/mol. The van der Waals surface area contributed by atoms with Crippen LogP contribution in [0.3, 0.4) is 0 Å². The molecule has 2 aromatic rings. The van der Waals surface area contributed by atoms with Crippen molar-refractivity contribution in [1.29, 1.82) is 0 Å². The zero-order valence-corrected chi connectivity index (χ0v) is 10.1. The number of carbonyl (C=O) groups excluding carboxylic acids is 1. The second-order valence-corrected chi connectivity index (χ2v) is 4.49. The van der Waals surface area contributed by atoms with Crippen molar-refractivity contribution in [3.8, 4) is 11.5 Å². The van der Waals surface area contributed by atoms with Crippen LogP contribution in [-0.4, -0.2) is 21.9 Å². The van der Waals surface area contributed by atoms with Crippen molar-refractivity contribution in [2.45, 2.75) is 11.6 Å². The van der Waals surface area contributed by atoms with Gasteiger partial charge in [0.25, 0.3) is 5.22 Å². The molecule has 0 aliphatic carbocycles. The maximum Gasteiger partial charge on any atom is 0.276 e. The molecule has 0 fully saturated rings. The maximum absolute atomic E-state index is 12.7. The van der Waals surface area contributed by atoms with Crippen molar-refractivity contribution in [1.82, 2.24) is 10.2 Å². The molecule has 5 nitrogen and oxygen atoms in total. The largest absolute Gasteiger partial charge is 0.411 e. The molecular formula is C11H10FN3O2S. The lowest BCUT2D eigenvalue weighted by Gasteiger charge is -1.94. The average Bonchev–Trinajstić information content (AvgIpc) is 2.78. The number of benzene rings is 1. The van der Waals surface area contributed by atoms with Crippen LogP contribution in [-0.2, 0) is 4.79 Å². The molecule has 2 N–H and O–H groups in total. The SMILES string of the molecule is NC(=O)CCSc1nnc(-c2ccc(F)cc2)o1. The minimum absolute atomic E-state index is 0.249. The Morgan fingerprint density at radius 2 is 2.06 bits per heavy atom. The van der Waals surface area contributed by atoms with Crippen LogP contribution in [0.25, 0.3) is 11.5 Å². The lowest BCUT2D eigenvalue weighted by molar-refractivity contribution is -0.117. The molecule has 0 spiro atoms. The second kappa shape index (κ2) is 5.63. The van der Waals surface area contributed by atoms with Crippen molar-refractivity contribution < 1.29 is 13.6 Å². The molecule has 1 aromatic carbocycles. The molecule has 0 saturated carbocycles. The summed E-state index contributed by atoms with van der Waals surface area (Å²) in [7, 11) is 0. The Kier molecular flexibility index (Phi) is 3.93. The van der Waals surface area contributed by atoms with E-state index in [0.29, 0.717) is 22.4 Å². The summed E-state index contributed by atoms with van der Waals surface area (Å²) in [5.41, 5.74) is 5.66. The Morgan fingerprint density at radius 3 is 2.72 bits per heavy atom. The fraction of sp³-hybridized carbons (Fsp3) is 0.182. The molecular weight excluding hydrogens is 257 g/mol. The molecule has 1 amide bonds. The van der Waals surface area contributed by atoms with Gasteiger partial charge < -0.3 is 10.2 Å². The summed E-state index contributed by atoms with van der Waals surface area (Å²) in [5, 5.41) is 8.01. The minimum atomic E-state index is -0.374. The highest BCUT2D eigenvalue weighted by atomic mass is 32.2. The minimum Gasteiger partial charge on any atom is -0.411 e. The number of nitrogens with zero attached hydrogens (tertiary/aromatic N) is 2. The molecule has 0 unspecified atom stereocenters. The number of amides is 1. The van der Waals surface area contributed by atoms with E-state index in [-0.39, 0.29) is 18.1 Å². The van der Waals surface area contributed by atoms with E-state index >= 15 is 0 Å². The van der Waals surface area contributed by atoms with Gasteiger partial charge in [-0.05, 0) is 24.3 Å². The molecule has 0 aliphatic heterocycles. The zero-order chi connectivity index (χ0) is 13.0. The molecule has 0 atom stereocenters. The Morgan fingerprint density at radius 1 is 1.33 bits per heavy atom. The molecule has 1 aromatic heterocycles. The monoisotopic (exact) mass is 267 g/mol. The van der Waals surface area contributed by atoms with E-state index in [9.17, 15) is 9.18 Å². The number of primary amides is 1. The van der Waals surface area contributed by atoms with Gasteiger partial charge in [-0.1, -0.05) is 11.8 Å². The molecule has 7 heteroatoms. The van der Waals surface area contributed by atoms with Crippen molar-refractivity contribution in [3.05, 3.63) is 30.1 Å². The molecule has 0 aliphatic rings. The van der Waals surface area contributed by atoms with Gasteiger partial charge in [-0.15, -0.1) is 10.2 Å². The summed E-state index contributed by atoms with van der Waals surface area (Å²) in [6.07, 6.45) is 0.249. The molecule has 2 rings (SSSR count). The van der Waals surface area contributed by atoms with Crippen molar-refractivity contribution in [2.24, 2.45) is 5.73 Å². The number of hydrogen-bond donors (Lipinski definition) is 1. The van der Waals surface area contributed by atoms with Crippen LogP contribution in [0.1, 0.15) is 6.42 Å². The smallest absolute Gasteiger partial charge is 0.276 e. The fourth-order valence-electron chi connectivity index (χ4n) is 1.22. The van der Waals surface area contributed by atoms with Crippen LogP contribution < -0.4 is 5.73 Å². The lowest BCUT2D eigenvalue weighted by atomic mass is 10.2. The average molecular weight is 267 g/mol. The summed E-state index contributed by atoms with van der Waals surface area (Å²) in [6.45, 7) is 0. The normalized spacial score (nSPS) is 10.5. The van der Waals surface area contributed by atoms with Crippen LogP contribution in [0, 0.1) is 5.82 Å². The quantitative estimate of drug-likeness (QED) is 0.836. The Labute approximate surface area is 107 Å². The molecule has 1 heterocycles. The van der Waals surface area contributed by atoms with E-state index < -0.39 is 0 Å². The third-order valence-electron chi connectivity index (χ3n) is 2.07. The van der Waals surface area contributed by atoms with Crippen molar-refractivity contribution >= 4 is 17.7 Å². The van der Waals surface area contributed by atoms with Crippen LogP contribution in [0.2, 0.25) is 0 Å². The van der Waals surface area contributed by atoms with Gasteiger partial charge in [-0.25, -0.2) is 4.39 Å². The first-order chi connectivity index (χ1) is 8.65. The van der Waals surface area contributed by atoms with E-state index in [4.69, 9.17) is 10.2 Å². The summed E-state index contributed by atoms with van der Waals surface area (Å²) >= 11 is 1.25. The van der Waals surface area contributed by atoms with Gasteiger partial charge in [0, 0.05) is 17.7 Å². The molecule has 0 saturated heterocycles. The maximum atomic E-state index is 12.7. The summed E-state index contributed by atoms with van der Waals surface area (Å²) < 4.78 is 18.1. The number of hydrogen-bond acceptors (Lipinski definition) is 5. The number of halogens is 1. The third-order valence-corrected chi connectivity index (χ3v) is 2.89. The third kappa shape index (κ3) is 3.30. The first-order valence-corrected chi connectivity index (χ1v) is 6.14. The van der Waals surface area contributed by atoms with Gasteiger partial charge in [0.1, 0.15) is 5.82 Å². The summed E-state index contributed by atoms with van der Waals surface area (Å²) in [4.78, 5) is 10.6. The van der Waals surface area contributed by atoms with E-state index in [0.717, 1.165) is 0 Å².